The molecule has 33 heavy (non-hydrogen) atoms. The van der Waals surface area contributed by atoms with Crippen molar-refractivity contribution < 1.29 is 14.3 Å². The average molecular weight is 447 g/mol. The third-order valence-corrected chi connectivity index (χ3v) is 5.94. The van der Waals surface area contributed by atoms with Gasteiger partial charge in [0.25, 0.3) is 11.5 Å². The van der Waals surface area contributed by atoms with E-state index in [4.69, 9.17) is 4.74 Å². The van der Waals surface area contributed by atoms with Gasteiger partial charge in [-0.2, -0.15) is 0 Å². The summed E-state index contributed by atoms with van der Waals surface area (Å²) in [5, 5.41) is 0. The summed E-state index contributed by atoms with van der Waals surface area (Å²) in [6.45, 7) is 0.708. The maximum atomic E-state index is 13.1. The lowest BCUT2D eigenvalue weighted by atomic mass is 9.90. The van der Waals surface area contributed by atoms with Crippen LogP contribution in [0.25, 0.3) is 0 Å². The van der Waals surface area contributed by atoms with Crippen LogP contribution in [-0.4, -0.2) is 38.8 Å². The van der Waals surface area contributed by atoms with Gasteiger partial charge in [0.2, 0.25) is 0 Å². The number of carbonyl (C=O) groups is 2. The Bertz CT molecular complexity index is 1290. The van der Waals surface area contributed by atoms with Gasteiger partial charge >= 0.3 is 5.69 Å². The molecule has 1 aromatic heterocycles. The van der Waals surface area contributed by atoms with Gasteiger partial charge in [-0.05, 0) is 49.2 Å². The van der Waals surface area contributed by atoms with Gasteiger partial charge in [-0.25, -0.2) is 4.79 Å². The van der Waals surface area contributed by atoms with E-state index in [1.54, 1.807) is 29.2 Å². The van der Waals surface area contributed by atoms with Crippen LogP contribution >= 0.6 is 0 Å². The van der Waals surface area contributed by atoms with E-state index in [1.165, 1.54) is 24.7 Å². The van der Waals surface area contributed by atoms with E-state index < -0.39 is 17.2 Å². The van der Waals surface area contributed by atoms with Crippen molar-refractivity contribution >= 4 is 11.7 Å². The van der Waals surface area contributed by atoms with Crippen molar-refractivity contribution in [3.63, 3.8) is 0 Å². The second-order valence-electron chi connectivity index (χ2n) is 8.16. The molecule has 170 valence electrons. The molecule has 3 aromatic rings. The van der Waals surface area contributed by atoms with E-state index in [1.807, 2.05) is 30.3 Å². The predicted molar refractivity (Wildman–Crippen MR) is 123 cm³/mol. The number of piperidine rings is 1. The van der Waals surface area contributed by atoms with Gasteiger partial charge in [-0.15, -0.1) is 0 Å². The summed E-state index contributed by atoms with van der Waals surface area (Å²) in [5.74, 6) is 0.521. The van der Waals surface area contributed by atoms with E-state index in [2.05, 4.69) is 0 Å². The Balaban J connectivity index is 1.47. The smallest absolute Gasteiger partial charge is 0.331 e. The predicted octanol–water partition coefficient (Wildman–Crippen LogP) is 2.61. The Morgan fingerprint density at radius 3 is 2.27 bits per heavy atom. The van der Waals surface area contributed by atoms with Gasteiger partial charge in [0.15, 0.2) is 5.78 Å². The number of carbonyl (C=O) groups excluding carboxylic acids is 2. The number of ketones is 1. The van der Waals surface area contributed by atoms with Gasteiger partial charge in [0, 0.05) is 44.7 Å². The average Bonchev–Trinajstić information content (AvgIpc) is 2.85. The molecule has 1 amide bonds. The van der Waals surface area contributed by atoms with Crippen molar-refractivity contribution in [3.05, 3.63) is 92.8 Å². The molecule has 2 aromatic carbocycles. The van der Waals surface area contributed by atoms with Gasteiger partial charge < -0.3 is 9.64 Å². The number of Topliss-reactive ketones (excluding diaryl/α,β-unsaturated/α-hetero) is 1. The largest absolute Gasteiger partial charge is 0.457 e. The van der Waals surface area contributed by atoms with Crippen LogP contribution in [0.2, 0.25) is 0 Å². The molecule has 1 atom stereocenters. The number of benzene rings is 2. The molecule has 1 unspecified atom stereocenters. The Labute approximate surface area is 190 Å². The van der Waals surface area contributed by atoms with Crippen molar-refractivity contribution in [2.24, 2.45) is 20.0 Å². The van der Waals surface area contributed by atoms with Crippen molar-refractivity contribution in [1.29, 1.82) is 0 Å². The fourth-order valence-electron chi connectivity index (χ4n) is 4.02. The summed E-state index contributed by atoms with van der Waals surface area (Å²) >= 11 is 0. The molecular weight excluding hydrogens is 422 g/mol. The molecule has 1 fully saturated rings. The Morgan fingerprint density at radius 1 is 0.909 bits per heavy atom. The lowest BCUT2D eigenvalue weighted by Crippen LogP contribution is -2.46. The highest BCUT2D eigenvalue weighted by molar-refractivity contribution is 5.99. The molecule has 8 heteroatoms. The molecule has 0 spiro atoms. The maximum absolute atomic E-state index is 13.1. The number of nitrogens with zero attached hydrogens (tertiary/aromatic N) is 3. The third-order valence-electron chi connectivity index (χ3n) is 5.94. The van der Waals surface area contributed by atoms with E-state index in [0.29, 0.717) is 36.4 Å². The number of rotatable bonds is 5. The van der Waals surface area contributed by atoms with Crippen LogP contribution in [0.1, 0.15) is 33.7 Å². The van der Waals surface area contributed by atoms with Crippen LogP contribution in [0.4, 0.5) is 0 Å². The number of amides is 1. The minimum Gasteiger partial charge on any atom is -0.457 e. The first-order chi connectivity index (χ1) is 15.8. The first-order valence-electron chi connectivity index (χ1n) is 10.8. The summed E-state index contributed by atoms with van der Waals surface area (Å²) in [6, 6.07) is 17.5. The summed E-state index contributed by atoms with van der Waals surface area (Å²) in [5.41, 5.74) is -0.522. The molecule has 1 aliphatic rings. The zero-order valence-corrected chi connectivity index (χ0v) is 18.6. The molecule has 8 nitrogen and oxygen atoms in total. The molecular formula is C25H25N3O5. The number of hydrogen-bond donors (Lipinski definition) is 0. The van der Waals surface area contributed by atoms with Gasteiger partial charge in [-0.3, -0.25) is 23.5 Å². The highest BCUT2D eigenvalue weighted by Crippen LogP contribution is 2.25. The molecule has 0 aliphatic carbocycles. The normalized spacial score (nSPS) is 15.8. The second kappa shape index (κ2) is 9.28. The van der Waals surface area contributed by atoms with Crippen LogP contribution in [0.3, 0.4) is 0 Å². The van der Waals surface area contributed by atoms with Crippen LogP contribution in [0, 0.1) is 5.92 Å². The highest BCUT2D eigenvalue weighted by Gasteiger charge is 2.30. The highest BCUT2D eigenvalue weighted by atomic mass is 16.5. The minimum atomic E-state index is -0.562. The molecule has 0 radical (unpaired) electrons. The molecule has 0 bridgehead atoms. The molecule has 4 rings (SSSR count). The Hall–Kier alpha value is -3.94. The first kappa shape index (κ1) is 22.3. The molecule has 1 saturated heterocycles. The summed E-state index contributed by atoms with van der Waals surface area (Å²) in [7, 11) is 2.82. The van der Waals surface area contributed by atoms with Gasteiger partial charge in [0.05, 0.1) is 0 Å². The topological polar surface area (TPSA) is 90.6 Å². The zero-order chi connectivity index (χ0) is 23.5. The van der Waals surface area contributed by atoms with Crippen LogP contribution in [0.15, 0.2) is 70.3 Å². The number of likely N-dealkylation sites (tertiary alicyclic amines) is 1. The van der Waals surface area contributed by atoms with Gasteiger partial charge in [-0.1, -0.05) is 18.2 Å². The van der Waals surface area contributed by atoms with Crippen LogP contribution in [-0.2, 0) is 14.1 Å². The number of ether oxygens (including phenoxy) is 1. The minimum absolute atomic E-state index is 0.0265. The number of para-hydroxylation sites is 1. The molecule has 0 N–H and O–H groups in total. The zero-order valence-electron chi connectivity index (χ0n) is 18.6. The van der Waals surface area contributed by atoms with E-state index in [9.17, 15) is 19.2 Å². The molecule has 0 saturated carbocycles. The Morgan fingerprint density at radius 2 is 1.58 bits per heavy atom. The standard InChI is InChI=1S/C25H25N3O5/c1-26-21(15-22(29)27(2)25(26)32)24(31)28-14-6-7-18(16-28)23(30)17-10-12-20(13-11-17)33-19-8-4-3-5-9-19/h3-5,8-13,15,18H,6-7,14,16H2,1-2H3. The van der Waals surface area contributed by atoms with E-state index in [-0.39, 0.29) is 23.9 Å². The van der Waals surface area contributed by atoms with Gasteiger partial charge in [0.1, 0.15) is 17.2 Å². The lowest BCUT2D eigenvalue weighted by Gasteiger charge is -2.32. The van der Waals surface area contributed by atoms with E-state index in [0.717, 1.165) is 4.57 Å². The lowest BCUT2D eigenvalue weighted by molar-refractivity contribution is 0.0627. The quantitative estimate of drug-likeness (QED) is 0.561. The summed E-state index contributed by atoms with van der Waals surface area (Å²) in [4.78, 5) is 51.9. The maximum Gasteiger partial charge on any atom is 0.331 e. The second-order valence-corrected chi connectivity index (χ2v) is 8.16. The number of aromatic nitrogens is 2. The monoisotopic (exact) mass is 447 g/mol. The fraction of sp³-hybridized carbons (Fsp3) is 0.280. The van der Waals surface area contributed by atoms with Crippen molar-refractivity contribution in [1.82, 2.24) is 14.0 Å². The Kier molecular flexibility index (Phi) is 6.26. The molecule has 1 aliphatic heterocycles. The summed E-state index contributed by atoms with van der Waals surface area (Å²) in [6.07, 6.45) is 1.33. The third kappa shape index (κ3) is 4.64. The number of hydrogen-bond acceptors (Lipinski definition) is 5. The SMILES string of the molecule is Cn1c(C(=O)N2CCCC(C(=O)c3ccc(Oc4ccccc4)cc3)C2)cc(=O)n(C)c1=O. The summed E-state index contributed by atoms with van der Waals surface area (Å²) < 4.78 is 7.89. The van der Waals surface area contributed by atoms with Crippen LogP contribution in [0.5, 0.6) is 11.5 Å². The van der Waals surface area contributed by atoms with Crippen LogP contribution < -0.4 is 16.0 Å². The fourth-order valence-corrected chi connectivity index (χ4v) is 4.02. The van der Waals surface area contributed by atoms with Crippen molar-refractivity contribution in [3.8, 4) is 11.5 Å². The first-order valence-corrected chi connectivity index (χ1v) is 10.8. The van der Waals surface area contributed by atoms with E-state index >= 15 is 0 Å². The van der Waals surface area contributed by atoms with Crippen molar-refractivity contribution in [2.75, 3.05) is 13.1 Å². The molecule has 2 heterocycles. The van der Waals surface area contributed by atoms with Crippen molar-refractivity contribution in [2.45, 2.75) is 12.8 Å².